The molecule has 0 bridgehead atoms. The second-order valence-corrected chi connectivity index (χ2v) is 12.7. The van der Waals surface area contributed by atoms with Crippen molar-refractivity contribution < 1.29 is 14.0 Å². The van der Waals surface area contributed by atoms with Gasteiger partial charge in [0.25, 0.3) is 0 Å². The third-order valence-corrected chi connectivity index (χ3v) is 9.45. The molecule has 0 aromatic rings. The zero-order valence-corrected chi connectivity index (χ0v) is 10.3. The molecule has 1 unspecified atom stereocenters. The van der Waals surface area contributed by atoms with Gasteiger partial charge >= 0.3 is 7.60 Å². The average molecular weight is 223 g/mol. The van der Waals surface area contributed by atoms with Gasteiger partial charge in [-0.1, -0.05) is 19.6 Å². The largest absolute Gasteiger partial charge is 0.328 e. The minimum Gasteiger partial charge on any atom is -0.326 e. The highest BCUT2D eigenvalue weighted by Crippen LogP contribution is 2.55. The Hall–Kier alpha value is 0.327. The van der Waals surface area contributed by atoms with Crippen molar-refractivity contribution in [3.8, 4) is 0 Å². The molecule has 1 fully saturated rings. The van der Waals surface area contributed by atoms with Crippen LogP contribution in [0.25, 0.3) is 0 Å². The summed E-state index contributed by atoms with van der Waals surface area (Å²) in [5, 5.41) is -0.205. The van der Waals surface area contributed by atoms with Crippen molar-refractivity contribution in [3.05, 3.63) is 0 Å². The smallest absolute Gasteiger partial charge is 0.326 e. The van der Waals surface area contributed by atoms with E-state index in [-0.39, 0.29) is 17.9 Å². The maximum Gasteiger partial charge on any atom is 0.328 e. The molecule has 6 heteroatoms. The lowest BCUT2D eigenvalue weighted by Crippen LogP contribution is -2.47. The van der Waals surface area contributed by atoms with Crippen molar-refractivity contribution in [1.29, 1.82) is 0 Å². The number of rotatable bonds is 1. The van der Waals surface area contributed by atoms with E-state index in [1.807, 2.05) is 0 Å². The molecular weight excluding hydrogens is 205 g/mol. The summed E-state index contributed by atoms with van der Waals surface area (Å²) in [7, 11) is -5.03. The van der Waals surface area contributed by atoms with Crippen LogP contribution in [0.4, 0.5) is 0 Å². The Morgan fingerprint density at radius 3 is 2.46 bits per heavy atom. The lowest BCUT2D eigenvalue weighted by Gasteiger charge is -2.37. The monoisotopic (exact) mass is 223 g/mol. The van der Waals surface area contributed by atoms with Crippen LogP contribution in [0.15, 0.2) is 0 Å². The van der Waals surface area contributed by atoms with E-state index in [0.717, 1.165) is 0 Å². The van der Waals surface area contributed by atoms with Crippen molar-refractivity contribution in [2.75, 3.05) is 6.61 Å². The van der Waals surface area contributed by atoms with E-state index in [0.29, 0.717) is 6.42 Å². The summed E-state index contributed by atoms with van der Waals surface area (Å²) >= 11 is 0. The summed E-state index contributed by atoms with van der Waals surface area (Å²) in [6.45, 7) is 6.43. The molecular formula is C7H18NO3PSi. The Morgan fingerprint density at radius 1 is 1.54 bits per heavy atom. The summed E-state index contributed by atoms with van der Waals surface area (Å²) < 4.78 is 16.6. The van der Waals surface area contributed by atoms with E-state index < -0.39 is 15.7 Å². The van der Waals surface area contributed by atoms with Crippen molar-refractivity contribution >= 4 is 15.7 Å². The highest BCUT2D eigenvalue weighted by molar-refractivity contribution is 7.57. The fraction of sp³-hybridized carbons (Fsp3) is 1.00. The van der Waals surface area contributed by atoms with Crippen molar-refractivity contribution in [1.82, 2.24) is 0 Å². The zero-order chi connectivity index (χ0) is 10.3. The van der Waals surface area contributed by atoms with Gasteiger partial charge < -0.3 is 15.2 Å². The van der Waals surface area contributed by atoms with Crippen molar-refractivity contribution in [3.63, 3.8) is 0 Å². The van der Waals surface area contributed by atoms with Gasteiger partial charge in [-0.15, -0.1) is 0 Å². The molecule has 3 N–H and O–H groups in total. The Kier molecular flexibility index (Phi) is 3.05. The molecule has 0 spiro atoms. The topological polar surface area (TPSA) is 72.5 Å². The standard InChI is InChI=1S/C7H18NO3PSi/c1-13(2,3)7-4-6(8)5-11-12(7,9)10/h6-7H,4-5,8H2,1-3H3,(H,9,10)/t6-,7+/m0/s1. The summed E-state index contributed by atoms with van der Waals surface area (Å²) in [6, 6.07) is -0.0778. The molecule has 1 saturated heterocycles. The van der Waals surface area contributed by atoms with Crippen LogP contribution in [0.5, 0.6) is 0 Å². The Bertz CT molecular complexity index is 240. The van der Waals surface area contributed by atoms with Crippen LogP contribution < -0.4 is 5.73 Å². The lowest BCUT2D eigenvalue weighted by atomic mass is 10.2. The molecule has 13 heavy (non-hydrogen) atoms. The van der Waals surface area contributed by atoms with Crippen molar-refractivity contribution in [2.45, 2.75) is 37.4 Å². The molecule has 1 aliphatic rings. The molecule has 0 radical (unpaired) electrons. The van der Waals surface area contributed by atoms with Crippen LogP contribution in [-0.2, 0) is 9.09 Å². The first-order valence-corrected chi connectivity index (χ1v) is 9.68. The van der Waals surface area contributed by atoms with Gasteiger partial charge in [0.15, 0.2) is 0 Å². The predicted octanol–water partition coefficient (Wildman–Crippen LogP) is 1.17. The predicted molar refractivity (Wildman–Crippen MR) is 55.5 cm³/mol. The normalized spacial score (nSPS) is 41.9. The summed E-state index contributed by atoms with van der Waals surface area (Å²) in [5.41, 5.74) is 5.71. The minimum absolute atomic E-state index is 0.0778. The molecule has 0 amide bonds. The van der Waals surface area contributed by atoms with Gasteiger partial charge in [0, 0.05) is 6.04 Å². The third-order valence-electron chi connectivity index (χ3n) is 2.39. The maximum atomic E-state index is 11.7. The SMILES string of the molecule is C[Si](C)(C)[C@@H]1C[C@H](N)COP1(=O)O. The highest BCUT2D eigenvalue weighted by Gasteiger charge is 2.46. The van der Waals surface area contributed by atoms with Crippen LogP contribution in [-0.4, -0.2) is 30.9 Å². The van der Waals surface area contributed by atoms with Crippen molar-refractivity contribution in [2.24, 2.45) is 5.73 Å². The van der Waals surface area contributed by atoms with Gasteiger partial charge in [0.2, 0.25) is 0 Å². The van der Waals surface area contributed by atoms with Crippen LogP contribution in [0.2, 0.25) is 19.6 Å². The molecule has 0 aliphatic carbocycles. The van der Waals surface area contributed by atoms with Gasteiger partial charge in [-0.25, -0.2) is 0 Å². The lowest BCUT2D eigenvalue weighted by molar-refractivity contribution is 0.211. The number of nitrogens with two attached hydrogens (primary N) is 1. The summed E-state index contributed by atoms with van der Waals surface area (Å²) in [4.78, 5) is 9.60. The van der Waals surface area contributed by atoms with E-state index in [1.165, 1.54) is 0 Å². The van der Waals surface area contributed by atoms with E-state index in [4.69, 9.17) is 10.3 Å². The van der Waals surface area contributed by atoms with E-state index in [9.17, 15) is 9.46 Å². The minimum atomic E-state index is -3.37. The molecule has 4 nitrogen and oxygen atoms in total. The summed E-state index contributed by atoms with van der Waals surface area (Å²) in [5.74, 6) is 0. The Balaban J connectivity index is 2.85. The number of hydrogen-bond acceptors (Lipinski definition) is 3. The third kappa shape index (κ3) is 2.64. The van der Waals surface area contributed by atoms with Gasteiger partial charge in [0.05, 0.1) is 20.0 Å². The molecule has 1 aliphatic heterocycles. The molecule has 0 aromatic heterocycles. The summed E-state index contributed by atoms with van der Waals surface area (Å²) in [6.07, 6.45) is 0.628. The van der Waals surface area contributed by atoms with Gasteiger partial charge in [-0.3, -0.25) is 4.57 Å². The highest BCUT2D eigenvalue weighted by atomic mass is 31.2. The Labute approximate surface area is 80.0 Å². The van der Waals surface area contributed by atoms with Gasteiger partial charge in [-0.2, -0.15) is 0 Å². The fourth-order valence-electron chi connectivity index (χ4n) is 1.62. The second kappa shape index (κ2) is 3.48. The van der Waals surface area contributed by atoms with Gasteiger partial charge in [0.1, 0.15) is 0 Å². The van der Waals surface area contributed by atoms with Crippen LogP contribution >= 0.6 is 7.60 Å². The average Bonchev–Trinajstić information content (AvgIpc) is 1.92. The van der Waals surface area contributed by atoms with E-state index in [1.54, 1.807) is 0 Å². The van der Waals surface area contributed by atoms with Gasteiger partial charge in [-0.05, 0) is 6.42 Å². The van der Waals surface area contributed by atoms with Crippen LogP contribution in [0.1, 0.15) is 6.42 Å². The fourth-order valence-corrected chi connectivity index (χ4v) is 7.89. The molecule has 0 saturated carbocycles. The second-order valence-electron chi connectivity index (χ2n) is 4.74. The molecule has 78 valence electrons. The van der Waals surface area contributed by atoms with Crippen LogP contribution in [0.3, 0.4) is 0 Å². The number of hydrogen-bond donors (Lipinski definition) is 2. The van der Waals surface area contributed by atoms with Crippen LogP contribution in [0, 0.1) is 0 Å². The Morgan fingerprint density at radius 2 is 2.08 bits per heavy atom. The quantitative estimate of drug-likeness (QED) is 0.517. The molecule has 0 aromatic carbocycles. The molecule has 3 atom stereocenters. The van der Waals surface area contributed by atoms with E-state index >= 15 is 0 Å². The van der Waals surface area contributed by atoms with E-state index in [2.05, 4.69) is 19.6 Å². The maximum absolute atomic E-state index is 11.7. The molecule has 1 rings (SSSR count). The molecule has 1 heterocycles. The zero-order valence-electron chi connectivity index (χ0n) is 8.36. The first-order valence-electron chi connectivity index (χ1n) is 4.46. The first kappa shape index (κ1) is 11.4. The first-order chi connectivity index (χ1) is 5.73.